The number of hydrogen-bond acceptors (Lipinski definition) is 5. The highest BCUT2D eigenvalue weighted by molar-refractivity contribution is 8.07. The van der Waals surface area contributed by atoms with Crippen molar-refractivity contribution >= 4 is 29.3 Å². The lowest BCUT2D eigenvalue weighted by Gasteiger charge is -2.30. The maximum absolute atomic E-state index is 4.75. The van der Waals surface area contributed by atoms with E-state index < -0.39 is 0 Å². The smallest absolute Gasteiger partial charge is 0.144 e. The number of rotatable bonds is 3. The maximum Gasteiger partial charge on any atom is 0.144 e. The summed E-state index contributed by atoms with van der Waals surface area (Å²) in [5.74, 6) is 3.11. The van der Waals surface area contributed by atoms with Crippen molar-refractivity contribution < 1.29 is 0 Å². The van der Waals surface area contributed by atoms with Gasteiger partial charge in [-0.1, -0.05) is 20.8 Å². The third-order valence-corrected chi connectivity index (χ3v) is 7.05. The summed E-state index contributed by atoms with van der Waals surface area (Å²) in [4.78, 5) is 9.50. The number of thioether (sulfide) groups is 2. The Morgan fingerprint density at radius 2 is 2.00 bits per heavy atom. The van der Waals surface area contributed by atoms with Gasteiger partial charge in [0.1, 0.15) is 11.6 Å². The van der Waals surface area contributed by atoms with E-state index in [9.17, 15) is 0 Å². The molecule has 19 heavy (non-hydrogen) atoms. The SMILES string of the molecule is CCc1c(C)nc(C2CSC(C)C(C)S2)nc1NC. The van der Waals surface area contributed by atoms with Crippen LogP contribution in [-0.4, -0.2) is 33.3 Å². The quantitative estimate of drug-likeness (QED) is 0.921. The summed E-state index contributed by atoms with van der Waals surface area (Å²) >= 11 is 4.05. The number of nitrogens with one attached hydrogen (secondary N) is 1. The fourth-order valence-corrected chi connectivity index (χ4v) is 5.15. The third kappa shape index (κ3) is 3.19. The zero-order valence-electron chi connectivity index (χ0n) is 12.4. The lowest BCUT2D eigenvalue weighted by molar-refractivity contribution is 0.843. The molecular formula is C14H23N3S2. The third-order valence-electron chi connectivity index (χ3n) is 3.66. The van der Waals surface area contributed by atoms with E-state index in [0.29, 0.717) is 10.5 Å². The number of nitrogens with zero attached hydrogens (tertiary/aromatic N) is 2. The van der Waals surface area contributed by atoms with Crippen molar-refractivity contribution in [1.82, 2.24) is 9.97 Å². The topological polar surface area (TPSA) is 37.8 Å². The summed E-state index contributed by atoms with van der Waals surface area (Å²) in [5, 5.41) is 5.03. The largest absolute Gasteiger partial charge is 0.373 e. The molecule has 1 fully saturated rings. The first kappa shape index (κ1) is 15.0. The van der Waals surface area contributed by atoms with Crippen LogP contribution in [0.3, 0.4) is 0 Å². The predicted octanol–water partition coefficient (Wildman–Crippen LogP) is 3.69. The Bertz CT molecular complexity index is 451. The lowest BCUT2D eigenvalue weighted by Crippen LogP contribution is -2.23. The molecule has 0 bridgehead atoms. The Labute approximate surface area is 124 Å². The summed E-state index contributed by atoms with van der Waals surface area (Å²) in [5.41, 5.74) is 2.36. The minimum absolute atomic E-state index is 0.424. The average molecular weight is 297 g/mol. The van der Waals surface area contributed by atoms with E-state index in [0.717, 1.165) is 34.8 Å². The number of aryl methyl sites for hydroxylation is 1. The predicted molar refractivity (Wildman–Crippen MR) is 87.4 cm³/mol. The molecule has 1 aliphatic heterocycles. The Hall–Kier alpha value is -0.420. The fourth-order valence-electron chi connectivity index (χ4n) is 2.31. The highest BCUT2D eigenvalue weighted by Crippen LogP contribution is 2.43. The first-order valence-corrected chi connectivity index (χ1v) is 8.88. The second-order valence-corrected chi connectivity index (χ2v) is 7.96. The summed E-state index contributed by atoms with van der Waals surface area (Å²) in [6.07, 6.45) is 0.974. The van der Waals surface area contributed by atoms with Gasteiger partial charge in [-0.3, -0.25) is 0 Å². The van der Waals surface area contributed by atoms with Crippen molar-refractivity contribution in [3.05, 3.63) is 17.1 Å². The van der Waals surface area contributed by atoms with Gasteiger partial charge in [0.2, 0.25) is 0 Å². The Morgan fingerprint density at radius 3 is 2.58 bits per heavy atom. The van der Waals surface area contributed by atoms with E-state index in [-0.39, 0.29) is 0 Å². The van der Waals surface area contributed by atoms with Gasteiger partial charge in [0.25, 0.3) is 0 Å². The van der Waals surface area contributed by atoms with Crippen LogP contribution < -0.4 is 5.32 Å². The molecule has 1 aliphatic rings. The summed E-state index contributed by atoms with van der Waals surface area (Å²) in [7, 11) is 1.94. The van der Waals surface area contributed by atoms with Crippen LogP contribution in [0.2, 0.25) is 0 Å². The first-order valence-electron chi connectivity index (χ1n) is 6.89. The minimum atomic E-state index is 0.424. The molecule has 2 heterocycles. The summed E-state index contributed by atoms with van der Waals surface area (Å²) < 4.78 is 0. The van der Waals surface area contributed by atoms with Crippen molar-refractivity contribution in [3.63, 3.8) is 0 Å². The molecule has 0 amide bonds. The molecule has 5 heteroatoms. The van der Waals surface area contributed by atoms with Crippen molar-refractivity contribution in [2.45, 2.75) is 49.9 Å². The van der Waals surface area contributed by atoms with Crippen LogP contribution in [0.5, 0.6) is 0 Å². The van der Waals surface area contributed by atoms with E-state index in [1.807, 2.05) is 30.6 Å². The van der Waals surface area contributed by atoms with Gasteiger partial charge in [-0.25, -0.2) is 9.97 Å². The molecule has 0 radical (unpaired) electrons. The highest BCUT2D eigenvalue weighted by atomic mass is 32.2. The molecule has 0 aromatic carbocycles. The molecule has 0 saturated carbocycles. The summed E-state index contributed by atoms with van der Waals surface area (Å²) in [6, 6.07) is 0. The number of hydrogen-bond donors (Lipinski definition) is 1. The van der Waals surface area contributed by atoms with Crippen LogP contribution in [0.4, 0.5) is 5.82 Å². The molecule has 0 spiro atoms. The second kappa shape index (κ2) is 6.35. The van der Waals surface area contributed by atoms with Gasteiger partial charge in [-0.15, -0.1) is 11.8 Å². The van der Waals surface area contributed by atoms with Gasteiger partial charge in [-0.2, -0.15) is 11.8 Å². The highest BCUT2D eigenvalue weighted by Gasteiger charge is 2.29. The van der Waals surface area contributed by atoms with Crippen molar-refractivity contribution in [2.24, 2.45) is 0 Å². The van der Waals surface area contributed by atoms with E-state index in [2.05, 4.69) is 33.0 Å². The van der Waals surface area contributed by atoms with Gasteiger partial charge in [0.15, 0.2) is 0 Å². The Balaban J connectivity index is 2.28. The molecular weight excluding hydrogens is 274 g/mol. The van der Waals surface area contributed by atoms with Crippen LogP contribution >= 0.6 is 23.5 Å². The monoisotopic (exact) mass is 297 g/mol. The van der Waals surface area contributed by atoms with Gasteiger partial charge in [0.05, 0.1) is 5.25 Å². The van der Waals surface area contributed by atoms with Gasteiger partial charge >= 0.3 is 0 Å². The van der Waals surface area contributed by atoms with Crippen LogP contribution in [-0.2, 0) is 6.42 Å². The maximum atomic E-state index is 4.75. The molecule has 3 unspecified atom stereocenters. The molecule has 106 valence electrons. The first-order chi connectivity index (χ1) is 9.06. The molecule has 1 aromatic rings. The minimum Gasteiger partial charge on any atom is -0.373 e. The van der Waals surface area contributed by atoms with E-state index in [1.165, 1.54) is 5.56 Å². The van der Waals surface area contributed by atoms with Crippen LogP contribution in [0.25, 0.3) is 0 Å². The molecule has 1 N–H and O–H groups in total. The Morgan fingerprint density at radius 1 is 1.26 bits per heavy atom. The molecule has 3 nitrogen and oxygen atoms in total. The average Bonchev–Trinajstić information content (AvgIpc) is 2.40. The fraction of sp³-hybridized carbons (Fsp3) is 0.714. The van der Waals surface area contributed by atoms with Gasteiger partial charge in [0, 0.05) is 34.6 Å². The lowest BCUT2D eigenvalue weighted by atomic mass is 10.1. The number of anilines is 1. The van der Waals surface area contributed by atoms with Gasteiger partial charge < -0.3 is 5.32 Å². The normalized spacial score (nSPS) is 27.3. The Kier molecular flexibility index (Phi) is 5.01. The standard InChI is InChI=1S/C14H23N3S2/c1-6-11-8(2)16-14(17-13(11)15-5)12-7-18-9(3)10(4)19-12/h9-10,12H,6-7H2,1-5H3,(H,15,16,17). The van der Waals surface area contributed by atoms with E-state index in [4.69, 9.17) is 9.97 Å². The van der Waals surface area contributed by atoms with Crippen molar-refractivity contribution in [3.8, 4) is 0 Å². The second-order valence-electron chi connectivity index (χ2n) is 4.97. The molecule has 1 aromatic heterocycles. The van der Waals surface area contributed by atoms with Crippen molar-refractivity contribution in [1.29, 1.82) is 0 Å². The summed E-state index contributed by atoms with van der Waals surface area (Å²) in [6.45, 7) is 8.86. The molecule has 0 aliphatic carbocycles. The molecule has 3 atom stereocenters. The van der Waals surface area contributed by atoms with Crippen LogP contribution in [0.15, 0.2) is 0 Å². The zero-order valence-corrected chi connectivity index (χ0v) is 14.0. The molecule has 1 saturated heterocycles. The van der Waals surface area contributed by atoms with E-state index >= 15 is 0 Å². The van der Waals surface area contributed by atoms with Gasteiger partial charge in [-0.05, 0) is 13.3 Å². The zero-order chi connectivity index (χ0) is 14.0. The number of aromatic nitrogens is 2. The van der Waals surface area contributed by atoms with Crippen LogP contribution in [0, 0.1) is 6.92 Å². The van der Waals surface area contributed by atoms with Crippen molar-refractivity contribution in [2.75, 3.05) is 18.1 Å². The molecule has 2 rings (SSSR count). The van der Waals surface area contributed by atoms with Crippen LogP contribution in [0.1, 0.15) is 43.1 Å². The van der Waals surface area contributed by atoms with E-state index in [1.54, 1.807) is 0 Å².